The molecule has 0 spiro atoms. The Bertz CT molecular complexity index is 464. The number of rotatable bonds is 4. The molecule has 20 heavy (non-hydrogen) atoms. The summed E-state index contributed by atoms with van der Waals surface area (Å²) in [7, 11) is 0. The van der Waals surface area contributed by atoms with Crippen LogP contribution in [0.3, 0.4) is 0 Å². The topological polar surface area (TPSA) is 91.3 Å². The number of aliphatic carboxylic acids is 1. The number of carboxylic acid groups (broad SMARTS) is 1. The predicted octanol–water partition coefficient (Wildman–Crippen LogP) is 1.52. The third-order valence-corrected chi connectivity index (χ3v) is 3.58. The molecule has 3 N–H and O–H groups in total. The lowest BCUT2D eigenvalue weighted by molar-refractivity contribution is -0.143. The molecule has 0 aromatic carbocycles. The molecule has 6 heteroatoms. The number of urea groups is 1. The molecule has 1 aromatic rings. The third-order valence-electron chi connectivity index (χ3n) is 3.58. The first-order chi connectivity index (χ1) is 9.66. The van der Waals surface area contributed by atoms with E-state index in [-0.39, 0.29) is 12.1 Å². The van der Waals surface area contributed by atoms with E-state index in [9.17, 15) is 9.59 Å². The van der Waals surface area contributed by atoms with Gasteiger partial charge in [-0.1, -0.05) is 18.9 Å². The minimum Gasteiger partial charge on any atom is -0.481 e. The average Bonchev–Trinajstić information content (AvgIpc) is 2.46. The second-order valence-corrected chi connectivity index (χ2v) is 5.02. The molecule has 0 saturated heterocycles. The standard InChI is InChI=1S/C14H19N3O3/c18-13(19)11-5-1-2-6-12(11)17-14(20)16-9-10-4-3-7-15-8-10/h3-4,7-8,11-12H,1-2,5-6,9H2,(H,18,19)(H2,16,17,20). The zero-order chi connectivity index (χ0) is 14.4. The van der Waals surface area contributed by atoms with Crippen molar-refractivity contribution in [3.8, 4) is 0 Å². The highest BCUT2D eigenvalue weighted by Gasteiger charge is 2.31. The minimum absolute atomic E-state index is 0.282. The van der Waals surface area contributed by atoms with Crippen LogP contribution in [0.4, 0.5) is 4.79 Å². The van der Waals surface area contributed by atoms with Crippen LogP contribution in [0.1, 0.15) is 31.2 Å². The van der Waals surface area contributed by atoms with Gasteiger partial charge in [-0.15, -0.1) is 0 Å². The van der Waals surface area contributed by atoms with E-state index in [1.165, 1.54) is 0 Å². The lowest BCUT2D eigenvalue weighted by Crippen LogP contribution is -2.48. The number of carboxylic acids is 1. The Balaban J connectivity index is 1.82. The molecular formula is C14H19N3O3. The molecule has 1 aliphatic rings. The molecule has 2 rings (SSSR count). The van der Waals surface area contributed by atoms with Gasteiger partial charge in [0.05, 0.1) is 5.92 Å². The van der Waals surface area contributed by atoms with E-state index in [0.717, 1.165) is 24.8 Å². The number of amides is 2. The van der Waals surface area contributed by atoms with E-state index in [1.54, 1.807) is 18.5 Å². The first-order valence-electron chi connectivity index (χ1n) is 6.83. The molecule has 2 atom stereocenters. The summed E-state index contributed by atoms with van der Waals surface area (Å²) in [5.74, 6) is -1.31. The van der Waals surface area contributed by atoms with Crippen molar-refractivity contribution < 1.29 is 14.7 Å². The summed E-state index contributed by atoms with van der Waals surface area (Å²) >= 11 is 0. The molecule has 2 amide bonds. The number of carbonyl (C=O) groups is 2. The largest absolute Gasteiger partial charge is 0.481 e. The van der Waals surface area contributed by atoms with Crippen molar-refractivity contribution in [2.75, 3.05) is 0 Å². The molecule has 0 aliphatic heterocycles. The first kappa shape index (κ1) is 14.3. The lowest BCUT2D eigenvalue weighted by atomic mass is 9.84. The van der Waals surface area contributed by atoms with Crippen molar-refractivity contribution in [1.82, 2.24) is 15.6 Å². The molecule has 1 fully saturated rings. The normalized spacial score (nSPS) is 22.0. The van der Waals surface area contributed by atoms with Gasteiger partial charge in [0.15, 0.2) is 0 Å². The Labute approximate surface area is 117 Å². The molecule has 1 heterocycles. The van der Waals surface area contributed by atoms with Crippen LogP contribution in [0.15, 0.2) is 24.5 Å². The zero-order valence-corrected chi connectivity index (χ0v) is 11.2. The van der Waals surface area contributed by atoms with Gasteiger partial charge in [0, 0.05) is 25.0 Å². The highest BCUT2D eigenvalue weighted by molar-refractivity contribution is 5.76. The van der Waals surface area contributed by atoms with Crippen LogP contribution in [0.2, 0.25) is 0 Å². The van der Waals surface area contributed by atoms with Crippen molar-refractivity contribution in [1.29, 1.82) is 0 Å². The van der Waals surface area contributed by atoms with Crippen LogP contribution in [0.25, 0.3) is 0 Å². The van der Waals surface area contributed by atoms with Crippen molar-refractivity contribution in [3.63, 3.8) is 0 Å². The maximum Gasteiger partial charge on any atom is 0.315 e. The van der Waals surface area contributed by atoms with Gasteiger partial charge in [0.1, 0.15) is 0 Å². The summed E-state index contributed by atoms with van der Waals surface area (Å²) in [6.45, 7) is 0.379. The number of carbonyl (C=O) groups excluding carboxylic acids is 1. The van der Waals surface area contributed by atoms with Gasteiger partial charge in [-0.05, 0) is 24.5 Å². The first-order valence-corrected chi connectivity index (χ1v) is 6.83. The van der Waals surface area contributed by atoms with Crippen LogP contribution in [-0.4, -0.2) is 28.1 Å². The maximum atomic E-state index is 11.8. The van der Waals surface area contributed by atoms with Gasteiger partial charge >= 0.3 is 12.0 Å². The van der Waals surface area contributed by atoms with Gasteiger partial charge in [0.25, 0.3) is 0 Å². The third kappa shape index (κ3) is 3.94. The molecule has 2 unspecified atom stereocenters. The van der Waals surface area contributed by atoms with Gasteiger partial charge in [0.2, 0.25) is 0 Å². The summed E-state index contributed by atoms with van der Waals surface area (Å²) in [4.78, 5) is 26.9. The minimum atomic E-state index is -0.831. The quantitative estimate of drug-likeness (QED) is 0.778. The maximum absolute atomic E-state index is 11.8. The summed E-state index contributed by atoms with van der Waals surface area (Å²) in [5, 5.41) is 14.6. The highest BCUT2D eigenvalue weighted by Crippen LogP contribution is 2.24. The summed E-state index contributed by atoms with van der Waals surface area (Å²) < 4.78 is 0. The van der Waals surface area contributed by atoms with E-state index in [2.05, 4.69) is 15.6 Å². The van der Waals surface area contributed by atoms with Crippen molar-refractivity contribution >= 4 is 12.0 Å². The van der Waals surface area contributed by atoms with Crippen LogP contribution in [-0.2, 0) is 11.3 Å². The van der Waals surface area contributed by atoms with Crippen LogP contribution >= 0.6 is 0 Å². The van der Waals surface area contributed by atoms with Gasteiger partial charge in [-0.2, -0.15) is 0 Å². The number of hydrogen-bond acceptors (Lipinski definition) is 3. The zero-order valence-electron chi connectivity index (χ0n) is 11.2. The molecule has 0 radical (unpaired) electrons. The van der Waals surface area contributed by atoms with Gasteiger partial charge in [-0.3, -0.25) is 9.78 Å². The van der Waals surface area contributed by atoms with Crippen LogP contribution < -0.4 is 10.6 Å². The Kier molecular flexibility index (Phi) is 4.92. The van der Waals surface area contributed by atoms with Crippen molar-refractivity contribution in [2.45, 2.75) is 38.3 Å². The van der Waals surface area contributed by atoms with E-state index in [0.29, 0.717) is 13.0 Å². The van der Waals surface area contributed by atoms with Gasteiger partial charge in [-0.25, -0.2) is 4.79 Å². The summed E-state index contributed by atoms with van der Waals surface area (Å²) in [6.07, 6.45) is 6.56. The van der Waals surface area contributed by atoms with E-state index < -0.39 is 11.9 Å². The van der Waals surface area contributed by atoms with E-state index in [4.69, 9.17) is 5.11 Å². The molecule has 1 saturated carbocycles. The summed E-state index contributed by atoms with van der Waals surface area (Å²) in [6, 6.07) is 3.06. The molecule has 1 aliphatic carbocycles. The SMILES string of the molecule is O=C(NCc1cccnc1)NC1CCCCC1C(=O)O. The second kappa shape index (κ2) is 6.88. The monoisotopic (exact) mass is 277 g/mol. The molecule has 6 nitrogen and oxygen atoms in total. The molecular weight excluding hydrogens is 258 g/mol. The molecule has 1 aromatic heterocycles. The Morgan fingerprint density at radius 1 is 1.35 bits per heavy atom. The molecule has 108 valence electrons. The summed E-state index contributed by atoms with van der Waals surface area (Å²) in [5.41, 5.74) is 0.904. The molecule has 0 bridgehead atoms. The average molecular weight is 277 g/mol. The number of pyridine rings is 1. The van der Waals surface area contributed by atoms with Crippen LogP contribution in [0.5, 0.6) is 0 Å². The second-order valence-electron chi connectivity index (χ2n) is 5.02. The van der Waals surface area contributed by atoms with E-state index >= 15 is 0 Å². The van der Waals surface area contributed by atoms with Crippen molar-refractivity contribution in [3.05, 3.63) is 30.1 Å². The number of aromatic nitrogens is 1. The number of nitrogens with zero attached hydrogens (tertiary/aromatic N) is 1. The number of hydrogen-bond donors (Lipinski definition) is 3. The fraction of sp³-hybridized carbons (Fsp3) is 0.500. The Hall–Kier alpha value is -2.11. The lowest BCUT2D eigenvalue weighted by Gasteiger charge is -2.29. The Morgan fingerprint density at radius 3 is 2.85 bits per heavy atom. The Morgan fingerprint density at radius 2 is 2.15 bits per heavy atom. The fourth-order valence-corrected chi connectivity index (χ4v) is 2.50. The van der Waals surface area contributed by atoms with Crippen molar-refractivity contribution in [2.24, 2.45) is 5.92 Å². The predicted molar refractivity (Wildman–Crippen MR) is 73.0 cm³/mol. The van der Waals surface area contributed by atoms with Gasteiger partial charge < -0.3 is 15.7 Å². The smallest absolute Gasteiger partial charge is 0.315 e. The number of nitrogens with one attached hydrogen (secondary N) is 2. The van der Waals surface area contributed by atoms with E-state index in [1.807, 2.05) is 6.07 Å². The fourth-order valence-electron chi connectivity index (χ4n) is 2.50. The van der Waals surface area contributed by atoms with Crippen LogP contribution in [0, 0.1) is 5.92 Å². The highest BCUT2D eigenvalue weighted by atomic mass is 16.4.